The van der Waals surface area contributed by atoms with E-state index in [1.165, 1.54) is 24.3 Å². The van der Waals surface area contributed by atoms with Gasteiger partial charge < -0.3 is 4.74 Å². The lowest BCUT2D eigenvalue weighted by atomic mass is 10.1. The first kappa shape index (κ1) is 24.3. The SMILES string of the molecule is Cc1ccc(CN(C2CCCC2)S(=O)(=O)c2ccc(S(=O)(=O)NC[C@H]3CCCO3)cc2)cc1. The monoisotopic (exact) mass is 492 g/mol. The maximum absolute atomic E-state index is 13.6. The van der Waals surface area contributed by atoms with E-state index in [0.717, 1.165) is 49.7 Å². The number of nitrogens with one attached hydrogen (secondary N) is 1. The maximum Gasteiger partial charge on any atom is 0.243 e. The molecule has 0 aromatic heterocycles. The Balaban J connectivity index is 1.53. The molecule has 1 aliphatic heterocycles. The van der Waals surface area contributed by atoms with E-state index in [2.05, 4.69) is 4.72 Å². The lowest BCUT2D eigenvalue weighted by molar-refractivity contribution is 0.114. The van der Waals surface area contributed by atoms with E-state index in [1.807, 2.05) is 31.2 Å². The van der Waals surface area contributed by atoms with Crippen LogP contribution in [0.1, 0.15) is 49.7 Å². The van der Waals surface area contributed by atoms with Gasteiger partial charge in [-0.05, 0) is 62.4 Å². The van der Waals surface area contributed by atoms with E-state index in [-0.39, 0.29) is 28.5 Å². The van der Waals surface area contributed by atoms with Crippen LogP contribution in [0.15, 0.2) is 58.3 Å². The van der Waals surface area contributed by atoms with E-state index in [1.54, 1.807) is 4.31 Å². The van der Waals surface area contributed by atoms with E-state index >= 15 is 0 Å². The second kappa shape index (κ2) is 10.2. The minimum Gasteiger partial charge on any atom is -0.377 e. The molecule has 1 atom stereocenters. The van der Waals surface area contributed by atoms with Gasteiger partial charge in [0.2, 0.25) is 20.0 Å². The van der Waals surface area contributed by atoms with Crippen LogP contribution in [-0.4, -0.2) is 46.4 Å². The predicted molar refractivity (Wildman–Crippen MR) is 127 cm³/mol. The largest absolute Gasteiger partial charge is 0.377 e. The molecule has 2 aromatic carbocycles. The summed E-state index contributed by atoms with van der Waals surface area (Å²) in [5.41, 5.74) is 2.06. The smallest absolute Gasteiger partial charge is 0.243 e. The van der Waals surface area contributed by atoms with Gasteiger partial charge in [-0.25, -0.2) is 21.6 Å². The second-order valence-electron chi connectivity index (χ2n) is 8.93. The van der Waals surface area contributed by atoms with Crippen LogP contribution in [0, 0.1) is 6.92 Å². The Morgan fingerprint density at radius 3 is 2.12 bits per heavy atom. The van der Waals surface area contributed by atoms with Crippen LogP contribution in [0.25, 0.3) is 0 Å². The summed E-state index contributed by atoms with van der Waals surface area (Å²) in [6.07, 6.45) is 5.35. The molecule has 1 saturated heterocycles. The lowest BCUT2D eigenvalue weighted by Crippen LogP contribution is -2.38. The zero-order chi connectivity index (χ0) is 23.5. The van der Waals surface area contributed by atoms with Crippen LogP contribution < -0.4 is 4.72 Å². The van der Waals surface area contributed by atoms with E-state index in [4.69, 9.17) is 4.74 Å². The molecule has 2 fully saturated rings. The highest BCUT2D eigenvalue weighted by molar-refractivity contribution is 7.89. The first-order valence-corrected chi connectivity index (χ1v) is 14.5. The topological polar surface area (TPSA) is 92.8 Å². The molecule has 2 aromatic rings. The molecule has 7 nitrogen and oxygen atoms in total. The van der Waals surface area contributed by atoms with Crippen LogP contribution in [0.3, 0.4) is 0 Å². The van der Waals surface area contributed by atoms with E-state index < -0.39 is 20.0 Å². The van der Waals surface area contributed by atoms with Gasteiger partial charge in [-0.15, -0.1) is 0 Å². The number of aryl methyl sites for hydroxylation is 1. The number of ether oxygens (including phenoxy) is 1. The summed E-state index contributed by atoms with van der Waals surface area (Å²) in [7, 11) is -7.52. The van der Waals surface area contributed by atoms with Gasteiger partial charge in [-0.3, -0.25) is 0 Å². The summed E-state index contributed by atoms with van der Waals surface area (Å²) in [6.45, 7) is 3.17. The Bertz CT molecular complexity index is 1130. The average Bonchev–Trinajstić information content (AvgIpc) is 3.52. The van der Waals surface area contributed by atoms with Gasteiger partial charge in [-0.1, -0.05) is 42.7 Å². The first-order chi connectivity index (χ1) is 15.8. The third-order valence-corrected chi connectivity index (χ3v) is 9.81. The molecule has 0 radical (unpaired) electrons. The Labute approximate surface area is 197 Å². The fourth-order valence-corrected chi connectivity index (χ4v) is 7.23. The lowest BCUT2D eigenvalue weighted by Gasteiger charge is -2.28. The van der Waals surface area contributed by atoms with Crippen molar-refractivity contribution in [2.75, 3.05) is 13.2 Å². The normalized spacial score (nSPS) is 20.0. The zero-order valence-electron chi connectivity index (χ0n) is 18.9. The molecule has 4 rings (SSSR count). The molecule has 0 amide bonds. The van der Waals surface area contributed by atoms with Crippen molar-refractivity contribution in [3.05, 3.63) is 59.7 Å². The van der Waals surface area contributed by atoms with Crippen LogP contribution in [0.5, 0.6) is 0 Å². The quantitative estimate of drug-likeness (QED) is 0.578. The van der Waals surface area contributed by atoms with Gasteiger partial charge in [0.1, 0.15) is 0 Å². The standard InChI is InChI=1S/C24H32N2O5S2/c1-19-8-10-20(11-9-19)18-26(21-5-2-3-6-21)33(29,30)24-14-12-23(13-15-24)32(27,28)25-17-22-7-4-16-31-22/h8-15,21-22,25H,2-7,16-18H2,1H3/t22-/m1/s1. The highest BCUT2D eigenvalue weighted by atomic mass is 32.2. The molecule has 9 heteroatoms. The maximum atomic E-state index is 13.6. The molecule has 0 spiro atoms. The molecule has 1 saturated carbocycles. The molecular weight excluding hydrogens is 460 g/mol. The van der Waals surface area contributed by atoms with Crippen molar-refractivity contribution in [3.63, 3.8) is 0 Å². The summed E-state index contributed by atoms with van der Waals surface area (Å²) >= 11 is 0. The van der Waals surface area contributed by atoms with Crippen LogP contribution in [-0.2, 0) is 31.3 Å². The summed E-state index contributed by atoms with van der Waals surface area (Å²) in [6, 6.07) is 13.4. The first-order valence-electron chi connectivity index (χ1n) is 11.5. The van der Waals surface area contributed by atoms with E-state index in [0.29, 0.717) is 13.2 Å². The molecule has 1 aliphatic carbocycles. The molecule has 2 aliphatic rings. The fourth-order valence-electron chi connectivity index (χ4n) is 4.49. The van der Waals surface area contributed by atoms with Crippen molar-refractivity contribution in [2.24, 2.45) is 0 Å². The number of hydrogen-bond donors (Lipinski definition) is 1. The van der Waals surface area contributed by atoms with Gasteiger partial charge >= 0.3 is 0 Å². The molecule has 0 unspecified atom stereocenters. The fraction of sp³-hybridized carbons (Fsp3) is 0.500. The second-order valence-corrected chi connectivity index (χ2v) is 12.6. The molecule has 180 valence electrons. The molecule has 1 heterocycles. The minimum absolute atomic E-state index is 0.0467. The van der Waals surface area contributed by atoms with Crippen LogP contribution >= 0.6 is 0 Å². The van der Waals surface area contributed by atoms with Gasteiger partial charge in [-0.2, -0.15) is 4.31 Å². The molecule has 33 heavy (non-hydrogen) atoms. The van der Waals surface area contributed by atoms with Gasteiger partial charge in [0.25, 0.3) is 0 Å². The van der Waals surface area contributed by atoms with Crippen molar-refractivity contribution in [3.8, 4) is 0 Å². The predicted octanol–water partition coefficient (Wildman–Crippen LogP) is 3.59. The third kappa shape index (κ3) is 5.84. The van der Waals surface area contributed by atoms with Crippen LogP contribution in [0.4, 0.5) is 0 Å². The Hall–Kier alpha value is -1.78. The van der Waals surface area contributed by atoms with Gasteiger partial charge in [0.15, 0.2) is 0 Å². The molecule has 0 bridgehead atoms. The number of nitrogens with zero attached hydrogens (tertiary/aromatic N) is 1. The van der Waals surface area contributed by atoms with Crippen molar-refractivity contribution >= 4 is 20.0 Å². The van der Waals surface area contributed by atoms with Crippen molar-refractivity contribution in [2.45, 2.75) is 73.9 Å². The average molecular weight is 493 g/mol. The highest BCUT2D eigenvalue weighted by Gasteiger charge is 2.33. The number of rotatable bonds is 9. The third-order valence-electron chi connectivity index (χ3n) is 6.46. The van der Waals surface area contributed by atoms with Crippen molar-refractivity contribution < 1.29 is 21.6 Å². The van der Waals surface area contributed by atoms with E-state index in [9.17, 15) is 16.8 Å². The number of hydrogen-bond acceptors (Lipinski definition) is 5. The summed E-state index contributed by atoms with van der Waals surface area (Å²) in [5, 5.41) is 0. The molecule has 1 N–H and O–H groups in total. The highest BCUT2D eigenvalue weighted by Crippen LogP contribution is 2.31. The zero-order valence-corrected chi connectivity index (χ0v) is 20.6. The number of sulfonamides is 2. The minimum atomic E-state index is -3.78. The number of benzene rings is 2. The van der Waals surface area contributed by atoms with Gasteiger partial charge in [0.05, 0.1) is 15.9 Å². The Morgan fingerprint density at radius 2 is 1.52 bits per heavy atom. The summed E-state index contributed by atoms with van der Waals surface area (Å²) in [5.74, 6) is 0. The van der Waals surface area contributed by atoms with Crippen molar-refractivity contribution in [1.29, 1.82) is 0 Å². The summed E-state index contributed by atoms with van der Waals surface area (Å²) < 4.78 is 62.1. The molecular formula is C24H32N2O5S2. The summed E-state index contributed by atoms with van der Waals surface area (Å²) in [4.78, 5) is 0.157. The Morgan fingerprint density at radius 1 is 0.879 bits per heavy atom. The van der Waals surface area contributed by atoms with Crippen LogP contribution in [0.2, 0.25) is 0 Å². The Kier molecular flexibility index (Phi) is 7.55. The van der Waals surface area contributed by atoms with Crippen molar-refractivity contribution in [1.82, 2.24) is 9.03 Å². The van der Waals surface area contributed by atoms with Gasteiger partial charge in [0, 0.05) is 25.7 Å².